The molecule has 0 bridgehead atoms. The minimum absolute atomic E-state index is 0.0113. The lowest BCUT2D eigenvalue weighted by Gasteiger charge is -2.29. The highest BCUT2D eigenvalue weighted by Gasteiger charge is 2.25. The highest BCUT2D eigenvalue weighted by molar-refractivity contribution is 7.99. The Hall–Kier alpha value is -2.27. The van der Waals surface area contributed by atoms with Gasteiger partial charge in [0.05, 0.1) is 5.75 Å². The fourth-order valence-electron chi connectivity index (χ4n) is 3.01. The second-order valence-electron chi connectivity index (χ2n) is 7.46. The molecule has 2 aromatic rings. The van der Waals surface area contributed by atoms with Gasteiger partial charge in [0.2, 0.25) is 11.8 Å². The summed E-state index contributed by atoms with van der Waals surface area (Å²) >= 11 is 1.59. The smallest absolute Gasteiger partial charge is 0.242 e. The summed E-state index contributed by atoms with van der Waals surface area (Å²) in [6.07, 6.45) is 0.872. The van der Waals surface area contributed by atoms with E-state index < -0.39 is 6.04 Å². The number of hydrogen-bond acceptors (Lipinski definition) is 3. The average Bonchev–Trinajstić information content (AvgIpc) is 2.71. The Bertz CT molecular complexity index is 805. The summed E-state index contributed by atoms with van der Waals surface area (Å²) in [6, 6.07) is 15.9. The van der Waals surface area contributed by atoms with Gasteiger partial charge < -0.3 is 10.2 Å². The lowest BCUT2D eigenvalue weighted by atomic mass is 10.1. The Morgan fingerprint density at radius 1 is 1.03 bits per heavy atom. The number of rotatable bonds is 10. The Morgan fingerprint density at radius 3 is 2.41 bits per heavy atom. The van der Waals surface area contributed by atoms with Gasteiger partial charge in [-0.1, -0.05) is 66.6 Å². The van der Waals surface area contributed by atoms with E-state index >= 15 is 0 Å². The molecule has 1 N–H and O–H groups in total. The lowest BCUT2D eigenvalue weighted by Crippen LogP contribution is -2.48. The molecular weight excluding hydrogens is 380 g/mol. The van der Waals surface area contributed by atoms with Gasteiger partial charge in [0, 0.05) is 18.8 Å². The molecule has 0 fully saturated rings. The standard InChI is InChI=1S/C24H32N2O2S/c1-5-13-25-24(28)20(4)26(15-22-8-6-7-19(3)14-22)23(27)17-29-16-21-11-9-18(2)10-12-21/h6-12,14,20H,5,13,15-17H2,1-4H3,(H,25,28). The minimum Gasteiger partial charge on any atom is -0.354 e. The van der Waals surface area contributed by atoms with Crippen LogP contribution in [0.2, 0.25) is 0 Å². The number of thioether (sulfide) groups is 1. The summed E-state index contributed by atoms with van der Waals surface area (Å²) in [7, 11) is 0. The van der Waals surface area contributed by atoms with Gasteiger partial charge in [-0.2, -0.15) is 0 Å². The zero-order chi connectivity index (χ0) is 21.2. The van der Waals surface area contributed by atoms with E-state index in [0.29, 0.717) is 18.8 Å². The number of benzene rings is 2. The third-order valence-electron chi connectivity index (χ3n) is 4.77. The van der Waals surface area contributed by atoms with Crippen LogP contribution in [0.3, 0.4) is 0 Å². The fourth-order valence-corrected chi connectivity index (χ4v) is 3.88. The molecular formula is C24H32N2O2S. The van der Waals surface area contributed by atoms with E-state index in [0.717, 1.165) is 23.3 Å². The van der Waals surface area contributed by atoms with Crippen LogP contribution in [-0.4, -0.2) is 35.1 Å². The first kappa shape index (κ1) is 23.0. The topological polar surface area (TPSA) is 49.4 Å². The molecule has 156 valence electrons. The summed E-state index contributed by atoms with van der Waals surface area (Å²) < 4.78 is 0. The quantitative estimate of drug-likeness (QED) is 0.626. The van der Waals surface area contributed by atoms with Crippen molar-refractivity contribution in [2.75, 3.05) is 12.3 Å². The first-order valence-corrected chi connectivity index (χ1v) is 11.3. The molecule has 5 heteroatoms. The summed E-state index contributed by atoms with van der Waals surface area (Å²) in [5.74, 6) is 1.02. The van der Waals surface area contributed by atoms with Crippen molar-refractivity contribution in [3.05, 3.63) is 70.8 Å². The largest absolute Gasteiger partial charge is 0.354 e. The molecule has 0 radical (unpaired) electrons. The van der Waals surface area contributed by atoms with Gasteiger partial charge in [-0.25, -0.2) is 0 Å². The molecule has 0 aliphatic carbocycles. The molecule has 0 aliphatic rings. The molecule has 2 rings (SSSR count). The van der Waals surface area contributed by atoms with E-state index in [-0.39, 0.29) is 11.8 Å². The molecule has 1 atom stereocenters. The van der Waals surface area contributed by atoms with Crippen LogP contribution in [0.4, 0.5) is 0 Å². The van der Waals surface area contributed by atoms with Gasteiger partial charge in [0.25, 0.3) is 0 Å². The van der Waals surface area contributed by atoms with Gasteiger partial charge in [0.15, 0.2) is 0 Å². The molecule has 29 heavy (non-hydrogen) atoms. The van der Waals surface area contributed by atoms with Crippen LogP contribution in [0.5, 0.6) is 0 Å². The average molecular weight is 413 g/mol. The minimum atomic E-state index is -0.505. The highest BCUT2D eigenvalue weighted by Crippen LogP contribution is 2.17. The Labute approximate surface area is 179 Å². The van der Waals surface area contributed by atoms with Crippen molar-refractivity contribution in [1.82, 2.24) is 10.2 Å². The van der Waals surface area contributed by atoms with Gasteiger partial charge in [-0.05, 0) is 38.3 Å². The number of carbonyl (C=O) groups excluding carboxylic acids is 2. The lowest BCUT2D eigenvalue weighted by molar-refractivity contribution is -0.138. The van der Waals surface area contributed by atoms with Gasteiger partial charge in [0.1, 0.15) is 6.04 Å². The monoisotopic (exact) mass is 412 g/mol. The Morgan fingerprint density at radius 2 is 1.76 bits per heavy atom. The Kier molecular flexibility index (Phi) is 9.26. The maximum Gasteiger partial charge on any atom is 0.242 e. The van der Waals surface area contributed by atoms with Crippen LogP contribution in [0, 0.1) is 13.8 Å². The van der Waals surface area contributed by atoms with Crippen molar-refractivity contribution in [2.24, 2.45) is 0 Å². The van der Waals surface area contributed by atoms with E-state index in [2.05, 4.69) is 42.6 Å². The predicted molar refractivity (Wildman–Crippen MR) is 122 cm³/mol. The van der Waals surface area contributed by atoms with Crippen LogP contribution in [-0.2, 0) is 21.9 Å². The van der Waals surface area contributed by atoms with E-state index in [1.807, 2.05) is 39.0 Å². The van der Waals surface area contributed by atoms with Crippen LogP contribution in [0.15, 0.2) is 48.5 Å². The number of nitrogens with one attached hydrogen (secondary N) is 1. The second kappa shape index (κ2) is 11.7. The van der Waals surface area contributed by atoms with Crippen molar-refractivity contribution in [3.63, 3.8) is 0 Å². The van der Waals surface area contributed by atoms with Crippen molar-refractivity contribution in [1.29, 1.82) is 0 Å². The molecule has 0 heterocycles. The van der Waals surface area contributed by atoms with E-state index in [9.17, 15) is 9.59 Å². The molecule has 0 aliphatic heterocycles. The summed E-state index contributed by atoms with van der Waals surface area (Å²) in [5.41, 5.74) is 4.61. The Balaban J connectivity index is 2.04. The van der Waals surface area contributed by atoms with E-state index in [1.165, 1.54) is 11.1 Å². The van der Waals surface area contributed by atoms with Crippen LogP contribution >= 0.6 is 11.8 Å². The molecule has 0 aromatic heterocycles. The third kappa shape index (κ3) is 7.58. The molecule has 0 saturated heterocycles. The van der Waals surface area contributed by atoms with Gasteiger partial charge >= 0.3 is 0 Å². The summed E-state index contributed by atoms with van der Waals surface area (Å²) in [4.78, 5) is 27.2. The second-order valence-corrected chi connectivity index (χ2v) is 8.44. The fraction of sp³-hybridized carbons (Fsp3) is 0.417. The van der Waals surface area contributed by atoms with Crippen LogP contribution in [0.1, 0.15) is 42.5 Å². The van der Waals surface area contributed by atoms with Crippen molar-refractivity contribution in [3.8, 4) is 0 Å². The molecule has 1 unspecified atom stereocenters. The maximum absolute atomic E-state index is 13.0. The summed E-state index contributed by atoms with van der Waals surface area (Å²) in [6.45, 7) is 8.98. The zero-order valence-corrected chi connectivity index (χ0v) is 18.7. The highest BCUT2D eigenvalue weighted by atomic mass is 32.2. The SMILES string of the molecule is CCCNC(=O)C(C)N(Cc1cccc(C)c1)C(=O)CSCc1ccc(C)cc1. The molecule has 0 spiro atoms. The predicted octanol–water partition coefficient (Wildman–Crippen LogP) is 4.48. The molecule has 4 nitrogen and oxygen atoms in total. The number of aryl methyl sites for hydroxylation is 2. The van der Waals surface area contributed by atoms with Gasteiger partial charge in [-0.15, -0.1) is 11.8 Å². The van der Waals surface area contributed by atoms with E-state index in [4.69, 9.17) is 0 Å². The van der Waals surface area contributed by atoms with Crippen molar-refractivity contribution in [2.45, 2.75) is 52.5 Å². The van der Waals surface area contributed by atoms with Gasteiger partial charge in [-0.3, -0.25) is 9.59 Å². The normalized spacial score (nSPS) is 11.7. The number of carbonyl (C=O) groups is 2. The first-order chi connectivity index (χ1) is 13.9. The maximum atomic E-state index is 13.0. The number of amides is 2. The number of nitrogens with zero attached hydrogens (tertiary/aromatic N) is 1. The molecule has 2 amide bonds. The summed E-state index contributed by atoms with van der Waals surface area (Å²) in [5, 5.41) is 2.91. The number of hydrogen-bond donors (Lipinski definition) is 1. The first-order valence-electron chi connectivity index (χ1n) is 10.2. The van der Waals surface area contributed by atoms with Crippen molar-refractivity contribution < 1.29 is 9.59 Å². The third-order valence-corrected chi connectivity index (χ3v) is 5.76. The molecule has 0 saturated carbocycles. The van der Waals surface area contributed by atoms with Crippen LogP contribution in [0.25, 0.3) is 0 Å². The molecule has 2 aromatic carbocycles. The van der Waals surface area contributed by atoms with Crippen molar-refractivity contribution >= 4 is 23.6 Å². The zero-order valence-electron chi connectivity index (χ0n) is 17.9. The van der Waals surface area contributed by atoms with Crippen LogP contribution < -0.4 is 5.32 Å². The van der Waals surface area contributed by atoms with E-state index in [1.54, 1.807) is 16.7 Å².